The largest absolute Gasteiger partial charge is 0.399 e. The van der Waals surface area contributed by atoms with Gasteiger partial charge in [0.25, 0.3) is 0 Å². The zero-order valence-electron chi connectivity index (χ0n) is 5.83. The van der Waals surface area contributed by atoms with Crippen LogP contribution in [0.4, 0.5) is 11.4 Å². The molecule has 0 fully saturated rings. The third-order valence-corrected chi connectivity index (χ3v) is 1.26. The number of amidine groups is 1. The lowest BCUT2D eigenvalue weighted by Crippen LogP contribution is -2.02. The molecule has 0 aliphatic carbocycles. The summed E-state index contributed by atoms with van der Waals surface area (Å²) in [6.45, 7) is 0. The van der Waals surface area contributed by atoms with Crippen LogP contribution in [0.25, 0.3) is 0 Å². The highest BCUT2D eigenvalue weighted by Gasteiger charge is 1.91. The van der Waals surface area contributed by atoms with Crippen LogP contribution in [0.1, 0.15) is 0 Å². The van der Waals surface area contributed by atoms with Crippen LogP contribution in [0.5, 0.6) is 0 Å². The Morgan fingerprint density at radius 1 is 1.55 bits per heavy atom. The number of nitrogen functional groups attached to an aromatic ring is 1. The predicted molar refractivity (Wildman–Crippen MR) is 51.2 cm³/mol. The Balaban J connectivity index is 2.79. The molecule has 1 rings (SSSR count). The fourth-order valence-electron chi connectivity index (χ4n) is 0.753. The zero-order chi connectivity index (χ0) is 8.27. The zero-order valence-corrected chi connectivity index (χ0v) is 6.73. The lowest BCUT2D eigenvalue weighted by molar-refractivity contribution is 1.52. The standard InChI is InChI=1S/C7H9N3S/c8-5-2-1-3-6(4-5)10-7(9)11/h1-4H,8H2,(H3,9,10,11). The van der Waals surface area contributed by atoms with Crippen LogP contribution < -0.4 is 11.1 Å². The smallest absolute Gasteiger partial charge is 0.155 e. The van der Waals surface area contributed by atoms with Crippen molar-refractivity contribution >= 4 is 29.2 Å². The lowest BCUT2D eigenvalue weighted by atomic mass is 10.3. The van der Waals surface area contributed by atoms with E-state index >= 15 is 0 Å². The number of hydrogen-bond donors (Lipinski definition) is 4. The van der Waals surface area contributed by atoms with E-state index in [1.807, 2.05) is 12.1 Å². The number of rotatable bonds is 1. The molecule has 0 atom stereocenters. The maximum absolute atomic E-state index is 7.01. The molecule has 1 aromatic rings. The van der Waals surface area contributed by atoms with E-state index in [0.29, 0.717) is 5.69 Å². The third kappa shape index (κ3) is 2.51. The maximum Gasteiger partial charge on any atom is 0.155 e. The van der Waals surface area contributed by atoms with Crippen LogP contribution >= 0.6 is 12.6 Å². The first-order valence-electron chi connectivity index (χ1n) is 3.08. The molecule has 58 valence electrons. The molecule has 0 unspecified atom stereocenters. The quantitative estimate of drug-likeness (QED) is 0.222. The first-order valence-corrected chi connectivity index (χ1v) is 3.53. The molecule has 3 nitrogen and oxygen atoms in total. The second kappa shape index (κ2) is 3.30. The summed E-state index contributed by atoms with van der Waals surface area (Å²) in [7, 11) is 0. The van der Waals surface area contributed by atoms with Crippen LogP contribution in [-0.4, -0.2) is 5.17 Å². The first-order chi connectivity index (χ1) is 5.18. The molecule has 0 radical (unpaired) electrons. The topological polar surface area (TPSA) is 61.9 Å². The van der Waals surface area contributed by atoms with E-state index in [-0.39, 0.29) is 5.17 Å². The predicted octanol–water partition coefficient (Wildman–Crippen LogP) is 1.55. The van der Waals surface area contributed by atoms with E-state index in [9.17, 15) is 0 Å². The Morgan fingerprint density at radius 2 is 2.27 bits per heavy atom. The van der Waals surface area contributed by atoms with Gasteiger partial charge in [-0.3, -0.25) is 5.41 Å². The van der Waals surface area contributed by atoms with Crippen LogP contribution in [0, 0.1) is 5.41 Å². The highest BCUT2D eigenvalue weighted by atomic mass is 32.1. The van der Waals surface area contributed by atoms with Crippen molar-refractivity contribution < 1.29 is 0 Å². The Morgan fingerprint density at radius 3 is 2.82 bits per heavy atom. The van der Waals surface area contributed by atoms with E-state index < -0.39 is 0 Å². The Bertz CT molecular complexity index is 272. The van der Waals surface area contributed by atoms with Gasteiger partial charge in [0, 0.05) is 11.4 Å². The molecular formula is C7H9N3S. The van der Waals surface area contributed by atoms with Gasteiger partial charge in [-0.1, -0.05) is 6.07 Å². The molecule has 0 heterocycles. The molecule has 4 N–H and O–H groups in total. The summed E-state index contributed by atoms with van der Waals surface area (Å²) in [5, 5.41) is 9.83. The van der Waals surface area contributed by atoms with Gasteiger partial charge in [-0.15, -0.1) is 12.6 Å². The van der Waals surface area contributed by atoms with Gasteiger partial charge in [-0.05, 0) is 18.2 Å². The van der Waals surface area contributed by atoms with Gasteiger partial charge in [0.2, 0.25) is 0 Å². The Labute approximate surface area is 70.5 Å². The van der Waals surface area contributed by atoms with Crippen molar-refractivity contribution in [3.05, 3.63) is 24.3 Å². The molecule has 11 heavy (non-hydrogen) atoms. The van der Waals surface area contributed by atoms with Gasteiger partial charge >= 0.3 is 0 Å². The minimum absolute atomic E-state index is 0.107. The summed E-state index contributed by atoms with van der Waals surface area (Å²) < 4.78 is 0. The second-order valence-electron chi connectivity index (χ2n) is 2.10. The van der Waals surface area contributed by atoms with E-state index in [2.05, 4.69) is 17.9 Å². The number of hydrogen-bond acceptors (Lipinski definition) is 2. The summed E-state index contributed by atoms with van der Waals surface area (Å²) in [5.74, 6) is 0. The second-order valence-corrected chi connectivity index (χ2v) is 2.55. The van der Waals surface area contributed by atoms with Crippen LogP contribution in [0.2, 0.25) is 0 Å². The average molecular weight is 167 g/mol. The molecule has 0 aromatic heterocycles. The summed E-state index contributed by atoms with van der Waals surface area (Å²) in [5.41, 5.74) is 6.95. The van der Waals surface area contributed by atoms with E-state index in [1.165, 1.54) is 0 Å². The molecule has 0 spiro atoms. The minimum Gasteiger partial charge on any atom is -0.399 e. The van der Waals surface area contributed by atoms with Crippen LogP contribution in [0.15, 0.2) is 24.3 Å². The van der Waals surface area contributed by atoms with Crippen molar-refractivity contribution in [3.8, 4) is 0 Å². The fourth-order valence-corrected chi connectivity index (χ4v) is 0.882. The minimum atomic E-state index is 0.107. The molecule has 0 saturated carbocycles. The number of thiol groups is 1. The molecule has 0 saturated heterocycles. The summed E-state index contributed by atoms with van der Waals surface area (Å²) >= 11 is 3.78. The number of nitrogens with one attached hydrogen (secondary N) is 2. The Kier molecular flexibility index (Phi) is 2.38. The van der Waals surface area contributed by atoms with E-state index in [0.717, 1.165) is 5.69 Å². The van der Waals surface area contributed by atoms with Gasteiger partial charge < -0.3 is 11.1 Å². The fraction of sp³-hybridized carbons (Fsp3) is 0. The van der Waals surface area contributed by atoms with Crippen molar-refractivity contribution in [3.63, 3.8) is 0 Å². The van der Waals surface area contributed by atoms with Crippen LogP contribution in [0.3, 0.4) is 0 Å². The normalized spacial score (nSPS) is 9.18. The molecule has 1 aromatic carbocycles. The monoisotopic (exact) mass is 167 g/mol. The molecular weight excluding hydrogens is 158 g/mol. The maximum atomic E-state index is 7.01. The third-order valence-electron chi connectivity index (χ3n) is 1.15. The molecule has 4 heteroatoms. The van der Waals surface area contributed by atoms with Crippen molar-refractivity contribution in [2.24, 2.45) is 0 Å². The average Bonchev–Trinajstić information content (AvgIpc) is 1.85. The van der Waals surface area contributed by atoms with Gasteiger partial charge in [0.15, 0.2) is 5.17 Å². The lowest BCUT2D eigenvalue weighted by Gasteiger charge is -2.02. The van der Waals surface area contributed by atoms with Gasteiger partial charge in [0.1, 0.15) is 0 Å². The molecule has 0 aliphatic heterocycles. The van der Waals surface area contributed by atoms with Crippen molar-refractivity contribution in [2.45, 2.75) is 0 Å². The van der Waals surface area contributed by atoms with Crippen molar-refractivity contribution in [1.29, 1.82) is 5.41 Å². The van der Waals surface area contributed by atoms with Gasteiger partial charge in [-0.2, -0.15) is 0 Å². The Hall–Kier alpha value is -1.16. The summed E-state index contributed by atoms with van der Waals surface area (Å²) in [6, 6.07) is 7.16. The van der Waals surface area contributed by atoms with Crippen LogP contribution in [-0.2, 0) is 0 Å². The first kappa shape index (κ1) is 7.94. The number of nitrogens with two attached hydrogens (primary N) is 1. The van der Waals surface area contributed by atoms with Crippen molar-refractivity contribution in [2.75, 3.05) is 11.1 Å². The molecule has 0 bridgehead atoms. The molecule has 0 amide bonds. The number of anilines is 2. The highest BCUT2D eigenvalue weighted by Crippen LogP contribution is 2.11. The van der Waals surface area contributed by atoms with Gasteiger partial charge in [0.05, 0.1) is 0 Å². The van der Waals surface area contributed by atoms with Crippen molar-refractivity contribution in [1.82, 2.24) is 0 Å². The highest BCUT2D eigenvalue weighted by molar-refractivity contribution is 7.97. The van der Waals surface area contributed by atoms with E-state index in [1.54, 1.807) is 12.1 Å². The summed E-state index contributed by atoms with van der Waals surface area (Å²) in [6.07, 6.45) is 0. The number of benzene rings is 1. The summed E-state index contributed by atoms with van der Waals surface area (Å²) in [4.78, 5) is 0. The molecule has 0 aliphatic rings. The SMILES string of the molecule is N=C(S)Nc1cccc(N)c1. The van der Waals surface area contributed by atoms with E-state index in [4.69, 9.17) is 11.1 Å². The van der Waals surface area contributed by atoms with Gasteiger partial charge in [-0.25, -0.2) is 0 Å².